The van der Waals surface area contributed by atoms with Crippen LogP contribution in [0.5, 0.6) is 0 Å². The van der Waals surface area contributed by atoms with Crippen molar-refractivity contribution in [2.24, 2.45) is 0 Å². The zero-order valence-corrected chi connectivity index (χ0v) is 12.8. The first-order valence-electron chi connectivity index (χ1n) is 6.29. The Hall–Kier alpha value is -1.55. The summed E-state index contributed by atoms with van der Waals surface area (Å²) >= 11 is 3.50. The molecule has 2 aromatic rings. The van der Waals surface area contributed by atoms with E-state index in [1.165, 1.54) is 11.1 Å². The lowest BCUT2D eigenvalue weighted by molar-refractivity contribution is 0.917. The molecule has 0 saturated carbocycles. The van der Waals surface area contributed by atoms with Crippen LogP contribution in [0, 0.1) is 0 Å². The molecule has 1 aromatic carbocycles. The van der Waals surface area contributed by atoms with Crippen LogP contribution in [0.3, 0.4) is 0 Å². The Balaban J connectivity index is 2.18. The molecule has 2 N–H and O–H groups in total. The Bertz CT molecular complexity index is 532. The van der Waals surface area contributed by atoms with Crippen LogP contribution >= 0.6 is 15.9 Å². The maximum atomic E-state index is 5.99. The molecule has 0 unspecified atom stereocenters. The minimum Gasteiger partial charge on any atom is -0.396 e. The Morgan fingerprint density at radius 1 is 1.16 bits per heavy atom. The minimum atomic E-state index is 0.682. The number of anilines is 2. The standard InChI is InChI=1S/C15H18BrN3/c1-3-11-4-6-12(7-5-11)10-19(2)15-13(16)8-18-9-14(15)17/h4-9H,3,10,17H2,1-2H3. The molecule has 0 radical (unpaired) electrons. The molecule has 0 aliphatic rings. The predicted octanol–water partition coefficient (Wildman–Crippen LogP) is 3.63. The minimum absolute atomic E-state index is 0.682. The van der Waals surface area contributed by atoms with E-state index in [9.17, 15) is 0 Å². The van der Waals surface area contributed by atoms with Crippen LogP contribution in [0.25, 0.3) is 0 Å². The molecule has 0 amide bonds. The Morgan fingerprint density at radius 3 is 2.37 bits per heavy atom. The van der Waals surface area contributed by atoms with E-state index >= 15 is 0 Å². The van der Waals surface area contributed by atoms with E-state index in [1.807, 2.05) is 7.05 Å². The average Bonchev–Trinajstić information content (AvgIpc) is 2.39. The number of aryl methyl sites for hydroxylation is 1. The highest BCUT2D eigenvalue weighted by Gasteiger charge is 2.10. The summed E-state index contributed by atoms with van der Waals surface area (Å²) in [6.07, 6.45) is 4.51. The second kappa shape index (κ2) is 6.06. The van der Waals surface area contributed by atoms with Crippen LogP contribution in [0.4, 0.5) is 11.4 Å². The molecular formula is C15H18BrN3. The predicted molar refractivity (Wildman–Crippen MR) is 84.3 cm³/mol. The highest BCUT2D eigenvalue weighted by atomic mass is 79.9. The number of hydrogen-bond acceptors (Lipinski definition) is 3. The third-order valence-corrected chi connectivity index (χ3v) is 3.71. The lowest BCUT2D eigenvalue weighted by Gasteiger charge is -2.22. The van der Waals surface area contributed by atoms with Gasteiger partial charge in [0.2, 0.25) is 0 Å². The van der Waals surface area contributed by atoms with Crippen molar-refractivity contribution in [1.82, 2.24) is 4.98 Å². The largest absolute Gasteiger partial charge is 0.396 e. The van der Waals surface area contributed by atoms with Crippen LogP contribution < -0.4 is 10.6 Å². The number of nitrogen functional groups attached to an aromatic ring is 1. The van der Waals surface area contributed by atoms with Gasteiger partial charge < -0.3 is 10.6 Å². The fourth-order valence-corrected chi connectivity index (χ4v) is 2.73. The molecule has 0 fully saturated rings. The van der Waals surface area contributed by atoms with Gasteiger partial charge in [-0.25, -0.2) is 0 Å². The highest BCUT2D eigenvalue weighted by Crippen LogP contribution is 2.31. The smallest absolute Gasteiger partial charge is 0.0776 e. The van der Waals surface area contributed by atoms with E-state index in [0.29, 0.717) is 5.69 Å². The number of hydrogen-bond donors (Lipinski definition) is 1. The fraction of sp³-hybridized carbons (Fsp3) is 0.267. The van der Waals surface area contributed by atoms with Crippen LogP contribution in [0.2, 0.25) is 0 Å². The quantitative estimate of drug-likeness (QED) is 0.935. The SMILES string of the molecule is CCc1ccc(CN(C)c2c(N)cncc2Br)cc1. The summed E-state index contributed by atoms with van der Waals surface area (Å²) in [6, 6.07) is 8.68. The van der Waals surface area contributed by atoms with E-state index in [0.717, 1.165) is 23.1 Å². The number of halogens is 1. The molecule has 3 nitrogen and oxygen atoms in total. The molecule has 1 heterocycles. The van der Waals surface area contributed by atoms with Gasteiger partial charge in [-0.2, -0.15) is 0 Å². The van der Waals surface area contributed by atoms with Gasteiger partial charge >= 0.3 is 0 Å². The summed E-state index contributed by atoms with van der Waals surface area (Å²) in [5.74, 6) is 0. The summed E-state index contributed by atoms with van der Waals surface area (Å²) in [5, 5.41) is 0. The molecule has 2 rings (SSSR count). The molecule has 0 aliphatic heterocycles. The van der Waals surface area contributed by atoms with E-state index in [-0.39, 0.29) is 0 Å². The van der Waals surface area contributed by atoms with Gasteiger partial charge in [0.15, 0.2) is 0 Å². The van der Waals surface area contributed by atoms with Gasteiger partial charge in [-0.1, -0.05) is 31.2 Å². The van der Waals surface area contributed by atoms with Gasteiger partial charge in [-0.3, -0.25) is 4.98 Å². The molecule has 0 atom stereocenters. The molecule has 0 aliphatic carbocycles. The molecule has 100 valence electrons. The Morgan fingerprint density at radius 2 is 1.79 bits per heavy atom. The number of pyridine rings is 1. The summed E-state index contributed by atoms with van der Waals surface area (Å²) in [4.78, 5) is 6.19. The van der Waals surface area contributed by atoms with Gasteiger partial charge in [-0.05, 0) is 33.5 Å². The van der Waals surface area contributed by atoms with E-state index in [4.69, 9.17) is 5.73 Å². The molecule has 0 saturated heterocycles. The maximum absolute atomic E-state index is 5.99. The van der Waals surface area contributed by atoms with Crippen molar-refractivity contribution in [3.63, 3.8) is 0 Å². The van der Waals surface area contributed by atoms with Crippen molar-refractivity contribution in [3.8, 4) is 0 Å². The van der Waals surface area contributed by atoms with Gasteiger partial charge in [-0.15, -0.1) is 0 Å². The second-order valence-electron chi connectivity index (χ2n) is 4.59. The van der Waals surface area contributed by atoms with Crippen molar-refractivity contribution in [2.75, 3.05) is 17.7 Å². The lowest BCUT2D eigenvalue weighted by atomic mass is 10.1. The molecule has 19 heavy (non-hydrogen) atoms. The average molecular weight is 320 g/mol. The van der Waals surface area contributed by atoms with Gasteiger partial charge in [0.1, 0.15) is 0 Å². The summed E-state index contributed by atoms with van der Waals surface area (Å²) in [6.45, 7) is 2.98. The van der Waals surface area contributed by atoms with E-state index in [1.54, 1.807) is 12.4 Å². The fourth-order valence-electron chi connectivity index (χ4n) is 2.08. The number of benzene rings is 1. The molecule has 4 heteroatoms. The number of nitrogens with two attached hydrogens (primary N) is 1. The zero-order chi connectivity index (χ0) is 13.8. The Kier molecular flexibility index (Phi) is 4.43. The molecular weight excluding hydrogens is 302 g/mol. The highest BCUT2D eigenvalue weighted by molar-refractivity contribution is 9.10. The lowest BCUT2D eigenvalue weighted by Crippen LogP contribution is -2.18. The zero-order valence-electron chi connectivity index (χ0n) is 11.2. The van der Waals surface area contributed by atoms with Gasteiger partial charge in [0.25, 0.3) is 0 Å². The maximum Gasteiger partial charge on any atom is 0.0776 e. The van der Waals surface area contributed by atoms with Crippen LogP contribution in [0.1, 0.15) is 18.1 Å². The Labute approximate surface area is 122 Å². The second-order valence-corrected chi connectivity index (χ2v) is 5.44. The first kappa shape index (κ1) is 13.9. The van der Waals surface area contributed by atoms with Crippen molar-refractivity contribution >= 4 is 27.3 Å². The van der Waals surface area contributed by atoms with E-state index in [2.05, 4.69) is 57.0 Å². The van der Waals surface area contributed by atoms with E-state index < -0.39 is 0 Å². The van der Waals surface area contributed by atoms with Gasteiger partial charge in [0, 0.05) is 19.8 Å². The van der Waals surface area contributed by atoms with Crippen molar-refractivity contribution in [2.45, 2.75) is 19.9 Å². The monoisotopic (exact) mass is 319 g/mol. The third kappa shape index (κ3) is 3.26. The van der Waals surface area contributed by atoms with Crippen molar-refractivity contribution in [3.05, 3.63) is 52.3 Å². The van der Waals surface area contributed by atoms with Crippen LogP contribution in [-0.4, -0.2) is 12.0 Å². The third-order valence-electron chi connectivity index (χ3n) is 3.13. The van der Waals surface area contributed by atoms with Crippen LogP contribution in [-0.2, 0) is 13.0 Å². The van der Waals surface area contributed by atoms with Crippen molar-refractivity contribution < 1.29 is 0 Å². The number of rotatable bonds is 4. The first-order chi connectivity index (χ1) is 9.11. The van der Waals surface area contributed by atoms with Gasteiger partial charge in [0.05, 0.1) is 22.0 Å². The number of aromatic nitrogens is 1. The molecule has 0 bridgehead atoms. The van der Waals surface area contributed by atoms with Crippen molar-refractivity contribution in [1.29, 1.82) is 0 Å². The normalized spacial score (nSPS) is 10.5. The topological polar surface area (TPSA) is 42.1 Å². The summed E-state index contributed by atoms with van der Waals surface area (Å²) in [5.41, 5.74) is 10.3. The number of nitrogens with zero attached hydrogens (tertiary/aromatic N) is 2. The molecule has 0 spiro atoms. The summed E-state index contributed by atoms with van der Waals surface area (Å²) < 4.78 is 0.917. The first-order valence-corrected chi connectivity index (χ1v) is 7.09. The molecule has 1 aromatic heterocycles. The van der Waals surface area contributed by atoms with Crippen LogP contribution in [0.15, 0.2) is 41.1 Å². The summed E-state index contributed by atoms with van der Waals surface area (Å²) in [7, 11) is 2.03.